The van der Waals surface area contributed by atoms with Crippen molar-refractivity contribution in [1.29, 1.82) is 0 Å². The fourth-order valence-corrected chi connectivity index (χ4v) is 3.82. The van der Waals surface area contributed by atoms with E-state index >= 15 is 0 Å². The van der Waals surface area contributed by atoms with Gasteiger partial charge in [-0.3, -0.25) is 9.59 Å². The molecule has 1 fully saturated rings. The van der Waals surface area contributed by atoms with Crippen LogP contribution in [-0.4, -0.2) is 47.0 Å². The van der Waals surface area contributed by atoms with Gasteiger partial charge in [-0.2, -0.15) is 0 Å². The average Bonchev–Trinajstić information content (AvgIpc) is 2.68. The number of nitrogens with zero attached hydrogens (tertiary/aromatic N) is 1. The minimum absolute atomic E-state index is 0.0342. The van der Waals surface area contributed by atoms with Crippen molar-refractivity contribution in [3.8, 4) is 0 Å². The van der Waals surface area contributed by atoms with Gasteiger partial charge in [-0.25, -0.2) is 4.79 Å². The van der Waals surface area contributed by atoms with E-state index in [1.165, 1.54) is 0 Å². The van der Waals surface area contributed by atoms with E-state index in [1.54, 1.807) is 32.6 Å². The molecule has 0 radical (unpaired) electrons. The van der Waals surface area contributed by atoms with Crippen LogP contribution in [0.2, 0.25) is 0 Å². The third-order valence-electron chi connectivity index (χ3n) is 5.83. The van der Waals surface area contributed by atoms with Crippen LogP contribution in [0, 0.1) is 6.92 Å². The Labute approximate surface area is 198 Å². The number of alkyl carbamates (subject to hydrolysis) is 1. The van der Waals surface area contributed by atoms with Gasteiger partial charge in [-0.05, 0) is 65.9 Å². The van der Waals surface area contributed by atoms with Crippen molar-refractivity contribution in [3.63, 3.8) is 0 Å². The predicted octanol–water partition coefficient (Wildman–Crippen LogP) is 4.64. The Kier molecular flexibility index (Phi) is 9.74. The number of hydrogen-bond donors (Lipinski definition) is 2. The number of ether oxygens (including phenoxy) is 1. The van der Waals surface area contributed by atoms with E-state index in [4.69, 9.17) is 4.74 Å². The van der Waals surface area contributed by atoms with Crippen molar-refractivity contribution < 1.29 is 19.1 Å². The van der Waals surface area contributed by atoms with E-state index in [-0.39, 0.29) is 17.9 Å². The van der Waals surface area contributed by atoms with E-state index in [0.29, 0.717) is 6.54 Å². The minimum atomic E-state index is -0.818. The Morgan fingerprint density at radius 2 is 1.76 bits per heavy atom. The lowest BCUT2D eigenvalue weighted by molar-refractivity contribution is -0.147. The Bertz CT molecular complexity index is 797. The highest BCUT2D eigenvalue weighted by molar-refractivity contribution is 5.92. The van der Waals surface area contributed by atoms with E-state index in [0.717, 1.165) is 49.7 Å². The molecular weight excluding hydrogens is 418 g/mol. The van der Waals surface area contributed by atoms with Crippen LogP contribution in [-0.2, 0) is 14.3 Å². The number of amides is 3. The first-order chi connectivity index (χ1) is 15.5. The topological polar surface area (TPSA) is 87.7 Å². The van der Waals surface area contributed by atoms with E-state index in [9.17, 15) is 14.4 Å². The lowest BCUT2D eigenvalue weighted by atomic mass is 9.88. The number of rotatable bonds is 10. The van der Waals surface area contributed by atoms with Gasteiger partial charge in [-0.1, -0.05) is 49.6 Å². The summed E-state index contributed by atoms with van der Waals surface area (Å²) in [4.78, 5) is 41.0. The summed E-state index contributed by atoms with van der Waals surface area (Å²) in [6, 6.07) is 6.15. The summed E-state index contributed by atoms with van der Waals surface area (Å²) in [5.74, 6) is -0.459. The minimum Gasteiger partial charge on any atom is -0.444 e. The Balaban J connectivity index is 2.29. The maximum atomic E-state index is 13.6. The Morgan fingerprint density at radius 1 is 1.12 bits per heavy atom. The number of hydrogen-bond acceptors (Lipinski definition) is 4. The second-order valence-electron chi connectivity index (χ2n) is 10.0. The summed E-state index contributed by atoms with van der Waals surface area (Å²) >= 11 is 0. The number of carbonyl (C=O) groups is 3. The van der Waals surface area contributed by atoms with Crippen molar-refractivity contribution in [3.05, 3.63) is 35.4 Å². The molecule has 2 N–H and O–H groups in total. The van der Waals surface area contributed by atoms with Crippen LogP contribution >= 0.6 is 0 Å². The molecule has 0 aromatic heterocycles. The van der Waals surface area contributed by atoms with Crippen LogP contribution in [0.15, 0.2) is 24.3 Å². The summed E-state index contributed by atoms with van der Waals surface area (Å²) in [5.41, 5.74) is 1.20. The van der Waals surface area contributed by atoms with Crippen LogP contribution in [0.25, 0.3) is 0 Å². The van der Waals surface area contributed by atoms with Gasteiger partial charge in [0.1, 0.15) is 17.7 Å². The Morgan fingerprint density at radius 3 is 2.27 bits per heavy atom. The second kappa shape index (κ2) is 12.1. The smallest absolute Gasteiger partial charge is 0.408 e. The average molecular weight is 460 g/mol. The molecule has 184 valence electrons. The van der Waals surface area contributed by atoms with E-state index in [1.807, 2.05) is 31.2 Å². The first kappa shape index (κ1) is 26.7. The van der Waals surface area contributed by atoms with Crippen molar-refractivity contribution in [1.82, 2.24) is 15.5 Å². The molecule has 0 saturated heterocycles. The Hall–Kier alpha value is -2.57. The number of benzene rings is 1. The summed E-state index contributed by atoms with van der Waals surface area (Å²) in [6.45, 7) is 11.6. The van der Waals surface area contributed by atoms with E-state index in [2.05, 4.69) is 17.6 Å². The molecular formula is C26H41N3O4. The summed E-state index contributed by atoms with van der Waals surface area (Å²) in [6.07, 6.45) is 5.06. The third-order valence-corrected chi connectivity index (χ3v) is 5.83. The fraction of sp³-hybridized carbons (Fsp3) is 0.654. The largest absolute Gasteiger partial charge is 0.444 e. The van der Waals surface area contributed by atoms with Crippen molar-refractivity contribution in [2.24, 2.45) is 0 Å². The number of unbranched alkanes of at least 4 members (excludes halogenated alkanes) is 2. The first-order valence-corrected chi connectivity index (χ1v) is 12.2. The van der Waals surface area contributed by atoms with Crippen LogP contribution in [0.4, 0.5) is 4.79 Å². The molecule has 0 spiro atoms. The molecule has 7 heteroatoms. The molecule has 0 heterocycles. The maximum Gasteiger partial charge on any atom is 0.408 e. The van der Waals surface area contributed by atoms with Gasteiger partial charge in [0.25, 0.3) is 0 Å². The van der Waals surface area contributed by atoms with Gasteiger partial charge < -0.3 is 20.3 Å². The summed E-state index contributed by atoms with van der Waals surface area (Å²) in [5, 5.41) is 5.68. The normalized spacial score (nSPS) is 15.7. The number of carbonyl (C=O) groups excluding carboxylic acids is 3. The lowest BCUT2D eigenvalue weighted by Crippen LogP contribution is -2.56. The maximum absolute atomic E-state index is 13.6. The molecule has 2 rings (SSSR count). The molecule has 0 aliphatic heterocycles. The third kappa shape index (κ3) is 8.06. The highest BCUT2D eigenvalue weighted by atomic mass is 16.6. The highest BCUT2D eigenvalue weighted by Crippen LogP contribution is 2.33. The molecule has 3 amide bonds. The van der Waals surface area contributed by atoms with Crippen LogP contribution in [0.3, 0.4) is 0 Å². The van der Waals surface area contributed by atoms with Crippen molar-refractivity contribution in [2.75, 3.05) is 6.54 Å². The monoisotopic (exact) mass is 459 g/mol. The first-order valence-electron chi connectivity index (χ1n) is 12.2. The van der Waals surface area contributed by atoms with Gasteiger partial charge in [0.05, 0.1) is 0 Å². The SMILES string of the molecule is CCCCCNC(=O)C(c1ccc(C)cc1)N(C(=O)C(C)NC(=O)OC(C)(C)C)C1CCC1. The van der Waals surface area contributed by atoms with Gasteiger partial charge in [-0.15, -0.1) is 0 Å². The van der Waals surface area contributed by atoms with Crippen molar-refractivity contribution >= 4 is 17.9 Å². The quantitative estimate of drug-likeness (QED) is 0.499. The van der Waals surface area contributed by atoms with Gasteiger partial charge in [0.2, 0.25) is 11.8 Å². The number of nitrogens with one attached hydrogen (secondary N) is 2. The van der Waals surface area contributed by atoms with Gasteiger partial charge in [0, 0.05) is 12.6 Å². The molecule has 1 aliphatic rings. The fourth-order valence-electron chi connectivity index (χ4n) is 3.82. The predicted molar refractivity (Wildman–Crippen MR) is 130 cm³/mol. The van der Waals surface area contributed by atoms with Gasteiger partial charge >= 0.3 is 6.09 Å². The zero-order valence-corrected chi connectivity index (χ0v) is 21.1. The zero-order valence-electron chi connectivity index (χ0n) is 21.1. The van der Waals surface area contributed by atoms with Crippen LogP contribution in [0.1, 0.15) is 90.3 Å². The van der Waals surface area contributed by atoms with Crippen LogP contribution < -0.4 is 10.6 Å². The van der Waals surface area contributed by atoms with E-state index < -0.39 is 23.8 Å². The standard InChI is InChI=1S/C26H41N3O4/c1-7-8-9-17-27-23(30)22(20-15-13-18(2)14-16-20)29(21-11-10-12-21)24(31)19(3)28-25(32)33-26(4,5)6/h13-16,19,21-22H,7-12,17H2,1-6H3,(H,27,30)(H,28,32). The zero-order chi connectivity index (χ0) is 24.6. The second-order valence-corrected chi connectivity index (χ2v) is 10.0. The molecule has 1 aromatic carbocycles. The molecule has 33 heavy (non-hydrogen) atoms. The van der Waals surface area contributed by atoms with Crippen molar-refractivity contribution in [2.45, 2.75) is 104 Å². The summed E-state index contributed by atoms with van der Waals surface area (Å²) in [7, 11) is 0. The highest BCUT2D eigenvalue weighted by Gasteiger charge is 2.40. The number of aryl methyl sites for hydroxylation is 1. The molecule has 1 saturated carbocycles. The lowest BCUT2D eigenvalue weighted by Gasteiger charge is -2.43. The summed E-state index contributed by atoms with van der Waals surface area (Å²) < 4.78 is 5.32. The molecule has 2 atom stereocenters. The van der Waals surface area contributed by atoms with Crippen LogP contribution in [0.5, 0.6) is 0 Å². The molecule has 2 unspecified atom stereocenters. The molecule has 1 aromatic rings. The molecule has 1 aliphatic carbocycles. The van der Waals surface area contributed by atoms with Gasteiger partial charge in [0.15, 0.2) is 0 Å². The molecule has 0 bridgehead atoms. The molecule has 7 nitrogen and oxygen atoms in total.